The van der Waals surface area contributed by atoms with Crippen molar-refractivity contribution >= 4 is 34.9 Å². The lowest BCUT2D eigenvalue weighted by atomic mass is 9.97. The standard InChI is InChI=1S/C18H19Cl2F3N4O/c1-3-9(2)24-17(28)15-14(20)16-25-12(10-4-6-11(19)7-5-10)8-13(18(21,22)23)27(16)26-15/h4-7,9,12-13,25H,3,8H2,1-2H3,(H,24,28)/t9-,12-,13+/m0/s1. The first-order chi connectivity index (χ1) is 13.1. The molecule has 0 saturated heterocycles. The third kappa shape index (κ3) is 4.07. The third-order valence-corrected chi connectivity index (χ3v) is 5.38. The molecule has 2 aromatic rings. The molecule has 28 heavy (non-hydrogen) atoms. The van der Waals surface area contributed by atoms with Gasteiger partial charge in [0.05, 0.1) is 6.04 Å². The maximum Gasteiger partial charge on any atom is 0.410 e. The lowest BCUT2D eigenvalue weighted by Gasteiger charge is -2.33. The lowest BCUT2D eigenvalue weighted by Crippen LogP contribution is -2.36. The molecule has 1 amide bonds. The molecule has 0 aliphatic carbocycles. The van der Waals surface area contributed by atoms with Crippen LogP contribution in [0.25, 0.3) is 0 Å². The van der Waals surface area contributed by atoms with Crippen molar-refractivity contribution in [2.75, 3.05) is 5.32 Å². The number of halogens is 5. The van der Waals surface area contributed by atoms with E-state index in [1.54, 1.807) is 31.2 Å². The lowest BCUT2D eigenvalue weighted by molar-refractivity contribution is -0.173. The van der Waals surface area contributed by atoms with E-state index in [4.69, 9.17) is 23.2 Å². The molecule has 1 aromatic heterocycles. The number of benzene rings is 1. The normalized spacial score (nSPS) is 20.2. The fourth-order valence-electron chi connectivity index (χ4n) is 3.04. The molecule has 0 saturated carbocycles. The predicted octanol–water partition coefficient (Wildman–Crippen LogP) is 5.38. The van der Waals surface area contributed by atoms with Crippen LogP contribution >= 0.6 is 23.2 Å². The number of amides is 1. The molecule has 152 valence electrons. The summed E-state index contributed by atoms with van der Waals surface area (Å²) < 4.78 is 41.9. The molecule has 0 bridgehead atoms. The second kappa shape index (κ2) is 7.83. The number of anilines is 1. The van der Waals surface area contributed by atoms with Gasteiger partial charge >= 0.3 is 6.18 Å². The number of carbonyl (C=O) groups is 1. The third-order valence-electron chi connectivity index (χ3n) is 4.77. The fourth-order valence-corrected chi connectivity index (χ4v) is 3.43. The van der Waals surface area contributed by atoms with Gasteiger partial charge in [0.1, 0.15) is 10.8 Å². The Morgan fingerprint density at radius 3 is 2.57 bits per heavy atom. The summed E-state index contributed by atoms with van der Waals surface area (Å²) in [5.41, 5.74) is 0.406. The van der Waals surface area contributed by atoms with E-state index in [-0.39, 0.29) is 29.0 Å². The van der Waals surface area contributed by atoms with Crippen LogP contribution in [-0.4, -0.2) is 27.9 Å². The molecule has 5 nitrogen and oxygen atoms in total. The first-order valence-electron chi connectivity index (χ1n) is 8.79. The molecule has 2 heterocycles. The highest BCUT2D eigenvalue weighted by atomic mass is 35.5. The van der Waals surface area contributed by atoms with E-state index >= 15 is 0 Å². The van der Waals surface area contributed by atoms with Crippen LogP contribution in [0.15, 0.2) is 24.3 Å². The summed E-state index contributed by atoms with van der Waals surface area (Å²) in [6, 6.07) is 3.81. The van der Waals surface area contributed by atoms with Gasteiger partial charge in [-0.15, -0.1) is 0 Å². The van der Waals surface area contributed by atoms with Crippen molar-refractivity contribution in [2.24, 2.45) is 0 Å². The highest BCUT2D eigenvalue weighted by Gasteiger charge is 2.47. The highest BCUT2D eigenvalue weighted by Crippen LogP contribution is 2.46. The number of aromatic nitrogens is 2. The molecular formula is C18H19Cl2F3N4O. The minimum Gasteiger partial charge on any atom is -0.362 e. The van der Waals surface area contributed by atoms with Gasteiger partial charge in [-0.2, -0.15) is 18.3 Å². The number of hydrogen-bond donors (Lipinski definition) is 2. The molecule has 1 aromatic carbocycles. The molecule has 0 radical (unpaired) electrons. The summed E-state index contributed by atoms with van der Waals surface area (Å²) in [7, 11) is 0. The van der Waals surface area contributed by atoms with Gasteiger partial charge in [-0.05, 0) is 31.0 Å². The summed E-state index contributed by atoms with van der Waals surface area (Å²) in [6.07, 6.45) is -4.18. The number of hydrogen-bond acceptors (Lipinski definition) is 3. The zero-order valence-corrected chi connectivity index (χ0v) is 16.7. The maximum atomic E-state index is 13.7. The average Bonchev–Trinajstić information content (AvgIpc) is 2.97. The van der Waals surface area contributed by atoms with Crippen molar-refractivity contribution in [2.45, 2.75) is 51.0 Å². The van der Waals surface area contributed by atoms with E-state index < -0.39 is 24.2 Å². The number of nitrogens with zero attached hydrogens (tertiary/aromatic N) is 2. The Balaban J connectivity index is 2.00. The predicted molar refractivity (Wildman–Crippen MR) is 102 cm³/mol. The van der Waals surface area contributed by atoms with Crippen LogP contribution in [0.5, 0.6) is 0 Å². The van der Waals surface area contributed by atoms with Gasteiger partial charge in [0.25, 0.3) is 5.91 Å². The average molecular weight is 435 g/mol. The Hall–Kier alpha value is -1.93. The van der Waals surface area contributed by atoms with E-state index in [9.17, 15) is 18.0 Å². The van der Waals surface area contributed by atoms with Crippen LogP contribution in [0.3, 0.4) is 0 Å². The largest absolute Gasteiger partial charge is 0.410 e. The van der Waals surface area contributed by atoms with Crippen LogP contribution in [-0.2, 0) is 0 Å². The van der Waals surface area contributed by atoms with Gasteiger partial charge in [-0.1, -0.05) is 42.3 Å². The molecule has 3 atom stereocenters. The van der Waals surface area contributed by atoms with E-state index in [0.29, 0.717) is 17.0 Å². The van der Waals surface area contributed by atoms with Crippen LogP contribution in [0.1, 0.15) is 54.8 Å². The number of alkyl halides is 3. The van der Waals surface area contributed by atoms with Crippen LogP contribution < -0.4 is 10.6 Å². The van der Waals surface area contributed by atoms with Crippen molar-refractivity contribution in [3.8, 4) is 0 Å². The number of nitrogens with one attached hydrogen (secondary N) is 2. The Kier molecular flexibility index (Phi) is 5.82. The summed E-state index contributed by atoms with van der Waals surface area (Å²) in [6.45, 7) is 3.66. The fraction of sp³-hybridized carbons (Fsp3) is 0.444. The summed E-state index contributed by atoms with van der Waals surface area (Å²) in [5.74, 6) is -0.628. The van der Waals surface area contributed by atoms with Gasteiger partial charge in [0.15, 0.2) is 11.7 Å². The first kappa shape index (κ1) is 20.8. The molecule has 0 spiro atoms. The Morgan fingerprint density at radius 2 is 2.00 bits per heavy atom. The van der Waals surface area contributed by atoms with Crippen molar-refractivity contribution in [3.05, 3.63) is 45.6 Å². The zero-order chi connectivity index (χ0) is 20.6. The minimum absolute atomic E-state index is 0.0236. The van der Waals surface area contributed by atoms with Crippen molar-refractivity contribution in [1.29, 1.82) is 0 Å². The van der Waals surface area contributed by atoms with Crippen molar-refractivity contribution in [3.63, 3.8) is 0 Å². The molecule has 1 aliphatic rings. The van der Waals surface area contributed by atoms with E-state index in [0.717, 1.165) is 4.68 Å². The van der Waals surface area contributed by atoms with Gasteiger partial charge in [-0.3, -0.25) is 4.79 Å². The minimum atomic E-state index is -4.55. The Morgan fingerprint density at radius 1 is 1.36 bits per heavy atom. The molecule has 2 N–H and O–H groups in total. The van der Waals surface area contributed by atoms with Crippen LogP contribution in [0.2, 0.25) is 10.0 Å². The molecule has 0 fully saturated rings. The first-order valence-corrected chi connectivity index (χ1v) is 9.55. The van der Waals surface area contributed by atoms with Crippen LogP contribution in [0, 0.1) is 0 Å². The molecule has 3 rings (SSSR count). The number of rotatable bonds is 4. The van der Waals surface area contributed by atoms with Gasteiger partial charge in [0, 0.05) is 17.5 Å². The van der Waals surface area contributed by atoms with E-state index in [1.165, 1.54) is 0 Å². The van der Waals surface area contributed by atoms with E-state index in [1.807, 2.05) is 6.92 Å². The van der Waals surface area contributed by atoms with Crippen molar-refractivity contribution in [1.82, 2.24) is 15.1 Å². The topological polar surface area (TPSA) is 59.0 Å². The SMILES string of the molecule is CC[C@H](C)NC(=O)c1nn2c(c1Cl)N[C@H](c1ccc(Cl)cc1)C[C@@H]2C(F)(F)F. The van der Waals surface area contributed by atoms with Gasteiger partial charge in [-0.25, -0.2) is 4.68 Å². The summed E-state index contributed by atoms with van der Waals surface area (Å²) in [4.78, 5) is 12.4. The number of carbonyl (C=O) groups excluding carboxylic acids is 1. The van der Waals surface area contributed by atoms with Crippen LogP contribution in [0.4, 0.5) is 19.0 Å². The maximum absolute atomic E-state index is 13.7. The second-order valence-corrected chi connectivity index (χ2v) is 7.59. The highest BCUT2D eigenvalue weighted by molar-refractivity contribution is 6.36. The second-order valence-electron chi connectivity index (χ2n) is 6.78. The van der Waals surface area contributed by atoms with Gasteiger partial charge < -0.3 is 10.6 Å². The monoisotopic (exact) mass is 434 g/mol. The van der Waals surface area contributed by atoms with Gasteiger partial charge in [0.2, 0.25) is 0 Å². The summed E-state index contributed by atoms with van der Waals surface area (Å²) in [5, 5.41) is 9.92. The molecule has 0 unspecified atom stereocenters. The smallest absolute Gasteiger partial charge is 0.362 e. The summed E-state index contributed by atoms with van der Waals surface area (Å²) >= 11 is 12.1. The van der Waals surface area contributed by atoms with E-state index in [2.05, 4.69) is 15.7 Å². The molecular weight excluding hydrogens is 416 g/mol. The Labute approximate surface area is 170 Å². The quantitative estimate of drug-likeness (QED) is 0.678. The molecule has 10 heteroatoms. The zero-order valence-electron chi connectivity index (χ0n) is 15.1. The number of fused-ring (bicyclic) bond motifs is 1. The van der Waals surface area contributed by atoms with Crippen molar-refractivity contribution < 1.29 is 18.0 Å². The Bertz CT molecular complexity index is 867. The molecule has 1 aliphatic heterocycles.